The fourth-order valence-corrected chi connectivity index (χ4v) is 2.14. The topological polar surface area (TPSA) is 46.3 Å². The van der Waals surface area contributed by atoms with E-state index >= 15 is 0 Å². The van der Waals surface area contributed by atoms with Gasteiger partial charge in [-0.3, -0.25) is 4.79 Å². The second-order valence-electron chi connectivity index (χ2n) is 5.40. The molecular formula is C16H26N2O. The summed E-state index contributed by atoms with van der Waals surface area (Å²) in [5.74, 6) is 0.553. The lowest BCUT2D eigenvalue weighted by molar-refractivity contribution is -0.133. The van der Waals surface area contributed by atoms with Gasteiger partial charge in [-0.25, -0.2) is 0 Å². The molecule has 0 aliphatic rings. The van der Waals surface area contributed by atoms with E-state index in [0.29, 0.717) is 12.3 Å². The molecule has 0 saturated carbocycles. The molecule has 1 aromatic carbocycles. The van der Waals surface area contributed by atoms with Crippen molar-refractivity contribution in [2.24, 2.45) is 11.7 Å². The predicted molar refractivity (Wildman–Crippen MR) is 79.8 cm³/mol. The van der Waals surface area contributed by atoms with Crippen molar-refractivity contribution < 1.29 is 4.79 Å². The van der Waals surface area contributed by atoms with Crippen molar-refractivity contribution in [1.29, 1.82) is 0 Å². The van der Waals surface area contributed by atoms with Gasteiger partial charge in [0.15, 0.2) is 0 Å². The van der Waals surface area contributed by atoms with E-state index in [1.54, 1.807) is 0 Å². The number of benzene rings is 1. The fourth-order valence-electron chi connectivity index (χ4n) is 2.14. The van der Waals surface area contributed by atoms with E-state index in [-0.39, 0.29) is 11.9 Å². The Bertz CT molecular complexity index is 376. The molecule has 1 atom stereocenters. The third-order valence-electron chi connectivity index (χ3n) is 3.18. The number of hydrogen-bond donors (Lipinski definition) is 1. The molecule has 1 rings (SSSR count). The third kappa shape index (κ3) is 5.43. The van der Waals surface area contributed by atoms with Crippen molar-refractivity contribution in [3.63, 3.8) is 0 Å². The first kappa shape index (κ1) is 15.7. The van der Waals surface area contributed by atoms with E-state index in [2.05, 4.69) is 26.0 Å². The van der Waals surface area contributed by atoms with Crippen molar-refractivity contribution in [3.05, 3.63) is 35.9 Å². The predicted octanol–water partition coefficient (Wildman–Crippen LogP) is 2.45. The van der Waals surface area contributed by atoms with Crippen molar-refractivity contribution >= 4 is 5.91 Å². The van der Waals surface area contributed by atoms with Gasteiger partial charge in [-0.2, -0.15) is 0 Å². The van der Waals surface area contributed by atoms with Gasteiger partial charge in [-0.1, -0.05) is 44.2 Å². The molecule has 0 saturated heterocycles. The van der Waals surface area contributed by atoms with Crippen LogP contribution in [-0.2, 0) is 11.2 Å². The quantitative estimate of drug-likeness (QED) is 0.820. The molecule has 1 aromatic rings. The van der Waals surface area contributed by atoms with Gasteiger partial charge in [0.1, 0.15) is 0 Å². The number of hydrogen-bond acceptors (Lipinski definition) is 2. The molecule has 3 nitrogen and oxygen atoms in total. The first-order valence-corrected chi connectivity index (χ1v) is 7.12. The average Bonchev–Trinajstić information content (AvgIpc) is 2.42. The number of carbonyl (C=O) groups excluding carboxylic acids is 1. The molecule has 0 heterocycles. The van der Waals surface area contributed by atoms with Gasteiger partial charge >= 0.3 is 0 Å². The number of amides is 1. The van der Waals surface area contributed by atoms with Crippen molar-refractivity contribution in [3.8, 4) is 0 Å². The largest absolute Gasteiger partial charge is 0.341 e. The van der Waals surface area contributed by atoms with Crippen LogP contribution in [0, 0.1) is 5.92 Å². The smallest absolute Gasteiger partial charge is 0.239 e. The summed E-state index contributed by atoms with van der Waals surface area (Å²) in [6, 6.07) is 9.78. The Morgan fingerprint density at radius 1 is 1.26 bits per heavy atom. The van der Waals surface area contributed by atoms with Gasteiger partial charge in [-0.05, 0) is 31.2 Å². The van der Waals surface area contributed by atoms with Crippen LogP contribution in [0.3, 0.4) is 0 Å². The molecule has 0 aliphatic heterocycles. The maximum absolute atomic E-state index is 12.2. The van der Waals surface area contributed by atoms with E-state index in [0.717, 1.165) is 19.5 Å². The first-order chi connectivity index (χ1) is 9.04. The lowest BCUT2D eigenvalue weighted by Gasteiger charge is -2.26. The summed E-state index contributed by atoms with van der Waals surface area (Å²) < 4.78 is 0. The summed E-state index contributed by atoms with van der Waals surface area (Å²) in [6.07, 6.45) is 1.56. The number of rotatable bonds is 7. The molecule has 0 spiro atoms. The summed E-state index contributed by atoms with van der Waals surface area (Å²) in [5, 5.41) is 0. The normalized spacial score (nSPS) is 12.5. The minimum absolute atomic E-state index is 0.0760. The Labute approximate surface area is 116 Å². The second kappa shape index (κ2) is 7.95. The molecule has 0 unspecified atom stereocenters. The maximum atomic E-state index is 12.2. The summed E-state index contributed by atoms with van der Waals surface area (Å²) in [7, 11) is 0. The van der Waals surface area contributed by atoms with Crippen molar-refractivity contribution in [1.82, 2.24) is 4.90 Å². The van der Waals surface area contributed by atoms with Gasteiger partial charge in [0, 0.05) is 13.1 Å². The molecule has 0 radical (unpaired) electrons. The van der Waals surface area contributed by atoms with Gasteiger partial charge in [0.2, 0.25) is 5.91 Å². The highest BCUT2D eigenvalue weighted by Gasteiger charge is 2.20. The Balaban J connectivity index is 2.47. The van der Waals surface area contributed by atoms with Crippen molar-refractivity contribution in [2.45, 2.75) is 39.7 Å². The summed E-state index contributed by atoms with van der Waals surface area (Å²) in [5.41, 5.74) is 7.26. The lowest BCUT2D eigenvalue weighted by atomic mass is 10.0. The van der Waals surface area contributed by atoms with Gasteiger partial charge in [0.25, 0.3) is 0 Å². The minimum Gasteiger partial charge on any atom is -0.341 e. The zero-order valence-corrected chi connectivity index (χ0v) is 12.3. The van der Waals surface area contributed by atoms with Gasteiger partial charge in [-0.15, -0.1) is 0 Å². The Morgan fingerprint density at radius 3 is 2.42 bits per heavy atom. The molecule has 3 heteroatoms. The monoisotopic (exact) mass is 262 g/mol. The average molecular weight is 262 g/mol. The molecule has 106 valence electrons. The van der Waals surface area contributed by atoms with Crippen LogP contribution in [0.4, 0.5) is 0 Å². The van der Waals surface area contributed by atoms with Crippen LogP contribution in [0.15, 0.2) is 30.3 Å². The van der Waals surface area contributed by atoms with Gasteiger partial charge in [0.05, 0.1) is 6.04 Å². The highest BCUT2D eigenvalue weighted by Crippen LogP contribution is 2.07. The van der Waals surface area contributed by atoms with Crippen LogP contribution in [0.2, 0.25) is 0 Å². The van der Waals surface area contributed by atoms with E-state index in [4.69, 9.17) is 5.73 Å². The number of nitrogens with zero attached hydrogens (tertiary/aromatic N) is 1. The Kier molecular flexibility index (Phi) is 6.57. The fraction of sp³-hybridized carbons (Fsp3) is 0.562. The third-order valence-corrected chi connectivity index (χ3v) is 3.18. The summed E-state index contributed by atoms with van der Waals surface area (Å²) in [4.78, 5) is 14.1. The molecule has 2 N–H and O–H groups in total. The van der Waals surface area contributed by atoms with E-state index in [9.17, 15) is 4.79 Å². The Morgan fingerprint density at radius 2 is 1.89 bits per heavy atom. The van der Waals surface area contributed by atoms with Crippen LogP contribution in [0.1, 0.15) is 32.8 Å². The minimum atomic E-state index is -0.390. The molecule has 1 amide bonds. The van der Waals surface area contributed by atoms with E-state index in [1.165, 1.54) is 5.56 Å². The standard InChI is InChI=1S/C16H26N2O/c1-4-18(12-13(2)3)16(19)15(17)11-10-14-8-6-5-7-9-14/h5-9,13,15H,4,10-12,17H2,1-3H3/t15-/m0/s1. The second-order valence-corrected chi connectivity index (χ2v) is 5.40. The molecule has 0 bridgehead atoms. The van der Waals surface area contributed by atoms with E-state index < -0.39 is 0 Å². The number of likely N-dealkylation sites (N-methyl/N-ethyl adjacent to an activating group) is 1. The van der Waals surface area contributed by atoms with Gasteiger partial charge < -0.3 is 10.6 Å². The van der Waals surface area contributed by atoms with Crippen molar-refractivity contribution in [2.75, 3.05) is 13.1 Å². The zero-order chi connectivity index (χ0) is 14.3. The van der Waals surface area contributed by atoms with Crippen LogP contribution >= 0.6 is 0 Å². The molecule has 0 aromatic heterocycles. The molecule has 19 heavy (non-hydrogen) atoms. The lowest BCUT2D eigenvalue weighted by Crippen LogP contribution is -2.45. The summed E-state index contributed by atoms with van der Waals surface area (Å²) in [6.45, 7) is 7.76. The SMILES string of the molecule is CCN(CC(C)C)C(=O)[C@@H](N)CCc1ccccc1. The van der Waals surface area contributed by atoms with Crippen LogP contribution < -0.4 is 5.73 Å². The molecule has 0 fully saturated rings. The van der Waals surface area contributed by atoms with Crippen LogP contribution in [0.5, 0.6) is 0 Å². The van der Waals surface area contributed by atoms with Crippen LogP contribution in [-0.4, -0.2) is 29.9 Å². The highest BCUT2D eigenvalue weighted by atomic mass is 16.2. The van der Waals surface area contributed by atoms with Crippen LogP contribution in [0.25, 0.3) is 0 Å². The number of aryl methyl sites for hydroxylation is 1. The van der Waals surface area contributed by atoms with E-state index in [1.807, 2.05) is 30.0 Å². The Hall–Kier alpha value is -1.35. The maximum Gasteiger partial charge on any atom is 0.239 e. The zero-order valence-electron chi connectivity index (χ0n) is 12.3. The molecular weight excluding hydrogens is 236 g/mol. The summed E-state index contributed by atoms with van der Waals surface area (Å²) >= 11 is 0. The number of carbonyl (C=O) groups is 1. The first-order valence-electron chi connectivity index (χ1n) is 7.12. The highest BCUT2D eigenvalue weighted by molar-refractivity contribution is 5.81. The molecule has 0 aliphatic carbocycles. The number of nitrogens with two attached hydrogens (primary N) is 1.